The van der Waals surface area contributed by atoms with E-state index < -0.39 is 0 Å². The summed E-state index contributed by atoms with van der Waals surface area (Å²) in [5.41, 5.74) is 3.66. The molecule has 0 atom stereocenters. The minimum absolute atomic E-state index is 0.941. The van der Waals surface area contributed by atoms with Gasteiger partial charge in [0, 0.05) is 13.6 Å². The summed E-state index contributed by atoms with van der Waals surface area (Å²) in [7, 11) is 1.96. The fourth-order valence-corrected chi connectivity index (χ4v) is 1.66. The molecule has 0 amide bonds. The van der Waals surface area contributed by atoms with E-state index in [1.165, 1.54) is 11.3 Å². The van der Waals surface area contributed by atoms with Gasteiger partial charge in [-0.05, 0) is 18.9 Å². The lowest BCUT2D eigenvalue weighted by Gasteiger charge is -2.05. The van der Waals surface area contributed by atoms with Crippen LogP contribution in [0.4, 0.5) is 5.69 Å². The van der Waals surface area contributed by atoms with Crippen molar-refractivity contribution >= 4 is 5.69 Å². The van der Waals surface area contributed by atoms with Crippen molar-refractivity contribution in [2.75, 3.05) is 11.9 Å². The molecule has 0 spiro atoms. The Morgan fingerprint density at radius 1 is 1.25 bits per heavy atom. The summed E-state index contributed by atoms with van der Waals surface area (Å²) in [5.74, 6) is 0. The molecule has 0 unspecified atom stereocenters. The van der Waals surface area contributed by atoms with Gasteiger partial charge in [-0.25, -0.2) is 0 Å². The zero-order chi connectivity index (χ0) is 11.4. The van der Waals surface area contributed by atoms with Gasteiger partial charge in [0.05, 0.1) is 17.6 Å². The van der Waals surface area contributed by atoms with E-state index in [1.807, 2.05) is 24.0 Å². The molecule has 0 bridgehead atoms. The van der Waals surface area contributed by atoms with Gasteiger partial charge in [0.15, 0.2) is 0 Å². The molecule has 2 rings (SSSR count). The Hall–Kier alpha value is -1.77. The first-order valence-electron chi connectivity index (χ1n) is 5.54. The molecule has 84 valence electrons. The topological polar surface area (TPSA) is 29.9 Å². The van der Waals surface area contributed by atoms with Gasteiger partial charge < -0.3 is 5.32 Å². The van der Waals surface area contributed by atoms with Gasteiger partial charge in [0.1, 0.15) is 0 Å². The summed E-state index contributed by atoms with van der Waals surface area (Å²) < 4.78 is 1.88. The van der Waals surface area contributed by atoms with Gasteiger partial charge in [-0.3, -0.25) is 4.68 Å². The highest BCUT2D eigenvalue weighted by atomic mass is 15.3. The summed E-state index contributed by atoms with van der Waals surface area (Å²) in [6.45, 7) is 3.01. The second-order valence-electron chi connectivity index (χ2n) is 3.93. The fraction of sp³-hybridized carbons (Fsp3) is 0.308. The third-order valence-electron chi connectivity index (χ3n) is 2.81. The van der Waals surface area contributed by atoms with Gasteiger partial charge >= 0.3 is 0 Å². The van der Waals surface area contributed by atoms with Crippen molar-refractivity contribution in [2.24, 2.45) is 7.05 Å². The standard InChI is InChI=1S/C13H17N3/c1-11-13(10-15-16(11)2)14-9-8-12-6-4-3-5-7-12/h3-7,10,14H,8-9H2,1-2H3. The highest BCUT2D eigenvalue weighted by molar-refractivity contribution is 5.45. The number of anilines is 1. The summed E-state index contributed by atoms with van der Waals surface area (Å²) in [6.07, 6.45) is 2.91. The third-order valence-corrected chi connectivity index (χ3v) is 2.81. The molecule has 1 aromatic carbocycles. The van der Waals surface area contributed by atoms with Gasteiger partial charge in [-0.1, -0.05) is 30.3 Å². The largest absolute Gasteiger partial charge is 0.382 e. The number of aromatic nitrogens is 2. The predicted octanol–water partition coefficient (Wildman–Crippen LogP) is 2.38. The van der Waals surface area contributed by atoms with Crippen molar-refractivity contribution in [3.05, 3.63) is 47.8 Å². The molecule has 3 nitrogen and oxygen atoms in total. The van der Waals surface area contributed by atoms with Crippen LogP contribution in [0.3, 0.4) is 0 Å². The van der Waals surface area contributed by atoms with Crippen LogP contribution in [0.25, 0.3) is 0 Å². The molecule has 0 aliphatic heterocycles. The van der Waals surface area contributed by atoms with E-state index in [4.69, 9.17) is 0 Å². The van der Waals surface area contributed by atoms with Crippen molar-refractivity contribution in [3.63, 3.8) is 0 Å². The normalized spacial score (nSPS) is 10.4. The Morgan fingerprint density at radius 2 is 2.00 bits per heavy atom. The molecule has 0 radical (unpaired) electrons. The quantitative estimate of drug-likeness (QED) is 0.848. The van der Waals surface area contributed by atoms with E-state index in [1.54, 1.807) is 0 Å². The zero-order valence-corrected chi connectivity index (χ0v) is 9.77. The van der Waals surface area contributed by atoms with Crippen LogP contribution in [0.2, 0.25) is 0 Å². The van der Waals surface area contributed by atoms with E-state index in [0.29, 0.717) is 0 Å². The van der Waals surface area contributed by atoms with E-state index in [9.17, 15) is 0 Å². The maximum absolute atomic E-state index is 4.20. The lowest BCUT2D eigenvalue weighted by Crippen LogP contribution is -2.05. The lowest BCUT2D eigenvalue weighted by molar-refractivity contribution is 0.740. The molecule has 1 heterocycles. The van der Waals surface area contributed by atoms with Crippen LogP contribution in [0.5, 0.6) is 0 Å². The molecule has 0 aliphatic rings. The number of nitrogens with one attached hydrogen (secondary N) is 1. The van der Waals surface area contributed by atoms with Gasteiger partial charge in [0.25, 0.3) is 0 Å². The Bertz CT molecular complexity index is 445. The molecule has 16 heavy (non-hydrogen) atoms. The predicted molar refractivity (Wildman–Crippen MR) is 66.6 cm³/mol. The fourth-order valence-electron chi connectivity index (χ4n) is 1.66. The molecule has 1 N–H and O–H groups in total. The molecule has 2 aromatic rings. The summed E-state index contributed by atoms with van der Waals surface area (Å²) in [6, 6.07) is 10.5. The number of hydrogen-bond acceptors (Lipinski definition) is 2. The molecule has 1 aromatic heterocycles. The Morgan fingerprint density at radius 3 is 2.62 bits per heavy atom. The summed E-state index contributed by atoms with van der Waals surface area (Å²) in [4.78, 5) is 0. The van der Waals surface area contributed by atoms with E-state index >= 15 is 0 Å². The first kappa shape index (κ1) is 10.7. The highest BCUT2D eigenvalue weighted by Crippen LogP contribution is 2.11. The SMILES string of the molecule is Cc1c(NCCc2ccccc2)cnn1C. The number of hydrogen-bond donors (Lipinski definition) is 1. The maximum atomic E-state index is 4.20. The first-order chi connectivity index (χ1) is 7.77. The van der Waals surface area contributed by atoms with Crippen LogP contribution >= 0.6 is 0 Å². The maximum Gasteiger partial charge on any atom is 0.0756 e. The number of rotatable bonds is 4. The second-order valence-corrected chi connectivity index (χ2v) is 3.93. The molecule has 0 saturated carbocycles. The van der Waals surface area contributed by atoms with Crippen molar-refractivity contribution in [1.82, 2.24) is 9.78 Å². The van der Waals surface area contributed by atoms with Crippen molar-refractivity contribution in [2.45, 2.75) is 13.3 Å². The average Bonchev–Trinajstić information content (AvgIpc) is 2.62. The first-order valence-corrected chi connectivity index (χ1v) is 5.54. The molecule has 0 aliphatic carbocycles. The summed E-state index contributed by atoms with van der Waals surface area (Å²) >= 11 is 0. The van der Waals surface area contributed by atoms with E-state index in [-0.39, 0.29) is 0 Å². The van der Waals surface area contributed by atoms with Crippen LogP contribution in [-0.2, 0) is 13.5 Å². The third kappa shape index (κ3) is 2.42. The molecule has 3 heteroatoms. The van der Waals surface area contributed by atoms with E-state index in [2.05, 4.69) is 41.6 Å². The van der Waals surface area contributed by atoms with Crippen molar-refractivity contribution in [3.8, 4) is 0 Å². The lowest BCUT2D eigenvalue weighted by atomic mass is 10.1. The van der Waals surface area contributed by atoms with Crippen molar-refractivity contribution < 1.29 is 0 Å². The molecule has 0 fully saturated rings. The summed E-state index contributed by atoms with van der Waals surface area (Å²) in [5, 5.41) is 7.59. The Balaban J connectivity index is 1.87. The van der Waals surface area contributed by atoms with Gasteiger partial charge in [-0.15, -0.1) is 0 Å². The second kappa shape index (κ2) is 4.84. The highest BCUT2D eigenvalue weighted by Gasteiger charge is 2.01. The van der Waals surface area contributed by atoms with Crippen molar-refractivity contribution in [1.29, 1.82) is 0 Å². The molecular weight excluding hydrogens is 198 g/mol. The number of aryl methyl sites for hydroxylation is 1. The minimum atomic E-state index is 0.941. The van der Waals surface area contributed by atoms with Crippen LogP contribution in [-0.4, -0.2) is 16.3 Å². The van der Waals surface area contributed by atoms with Gasteiger partial charge in [0.2, 0.25) is 0 Å². The minimum Gasteiger partial charge on any atom is -0.382 e. The zero-order valence-electron chi connectivity index (χ0n) is 9.77. The Labute approximate surface area is 96.1 Å². The molecular formula is C13H17N3. The number of benzene rings is 1. The van der Waals surface area contributed by atoms with Crippen LogP contribution in [0.15, 0.2) is 36.5 Å². The van der Waals surface area contributed by atoms with Crippen LogP contribution in [0, 0.1) is 6.92 Å². The monoisotopic (exact) mass is 215 g/mol. The van der Waals surface area contributed by atoms with Crippen LogP contribution < -0.4 is 5.32 Å². The Kier molecular flexibility index (Phi) is 3.25. The van der Waals surface area contributed by atoms with Gasteiger partial charge in [-0.2, -0.15) is 5.10 Å². The number of nitrogens with zero attached hydrogens (tertiary/aromatic N) is 2. The van der Waals surface area contributed by atoms with Crippen LogP contribution in [0.1, 0.15) is 11.3 Å². The smallest absolute Gasteiger partial charge is 0.0756 e. The van der Waals surface area contributed by atoms with E-state index in [0.717, 1.165) is 18.7 Å². The molecule has 0 saturated heterocycles. The average molecular weight is 215 g/mol.